The van der Waals surface area contributed by atoms with Gasteiger partial charge in [0.15, 0.2) is 0 Å². The molecule has 5 nitrogen and oxygen atoms in total. The summed E-state index contributed by atoms with van der Waals surface area (Å²) in [6.07, 6.45) is 8.09. The lowest BCUT2D eigenvalue weighted by atomic mass is 10.1. The lowest BCUT2D eigenvalue weighted by Gasteiger charge is -2.28. The Bertz CT molecular complexity index is 586. The number of likely N-dealkylation sites (tertiary alicyclic amines) is 1. The maximum Gasteiger partial charge on any atom is 0.335 e. The van der Waals surface area contributed by atoms with Gasteiger partial charge in [0.05, 0.1) is 23.5 Å². The number of carboxylic acids is 1. The Labute approximate surface area is 130 Å². The van der Waals surface area contributed by atoms with Gasteiger partial charge in [-0.25, -0.2) is 4.79 Å². The molecule has 0 aliphatic carbocycles. The van der Waals surface area contributed by atoms with Gasteiger partial charge in [-0.15, -0.1) is 0 Å². The summed E-state index contributed by atoms with van der Waals surface area (Å²) in [5.74, 6) is -0.903. The summed E-state index contributed by atoms with van der Waals surface area (Å²) in [7, 11) is 0. The maximum absolute atomic E-state index is 10.9. The van der Waals surface area contributed by atoms with Crippen molar-refractivity contribution < 1.29 is 9.90 Å². The molecule has 0 aromatic heterocycles. The predicted molar refractivity (Wildman–Crippen MR) is 87.6 cm³/mol. The number of anilines is 1. The molecule has 0 atom stereocenters. The summed E-state index contributed by atoms with van der Waals surface area (Å²) < 4.78 is 0. The van der Waals surface area contributed by atoms with Crippen molar-refractivity contribution in [1.82, 2.24) is 4.90 Å². The third-order valence-corrected chi connectivity index (χ3v) is 4.08. The predicted octanol–water partition coefficient (Wildman–Crippen LogP) is 2.60. The number of benzene rings is 1. The number of carbonyl (C=O) groups is 1. The summed E-state index contributed by atoms with van der Waals surface area (Å²) in [5.41, 5.74) is 2.29. The number of piperidine rings is 1. The fourth-order valence-electron chi connectivity index (χ4n) is 2.89. The first-order valence-corrected chi connectivity index (χ1v) is 7.80. The first-order chi connectivity index (χ1) is 10.7. The zero-order valence-electron chi connectivity index (χ0n) is 12.6. The van der Waals surface area contributed by atoms with E-state index in [4.69, 9.17) is 10.2 Å². The lowest BCUT2D eigenvalue weighted by Crippen LogP contribution is -2.36. The van der Waals surface area contributed by atoms with Gasteiger partial charge in [0.1, 0.15) is 0 Å². The Balaban J connectivity index is 1.68. The molecule has 0 bridgehead atoms. The molecule has 1 fully saturated rings. The molecule has 1 aromatic carbocycles. The maximum atomic E-state index is 10.9. The highest BCUT2D eigenvalue weighted by molar-refractivity contribution is 5.98. The minimum atomic E-state index is -0.903. The number of hydrazone groups is 1. The van der Waals surface area contributed by atoms with Gasteiger partial charge in [-0.1, -0.05) is 12.5 Å². The molecule has 0 amide bonds. The van der Waals surface area contributed by atoms with Gasteiger partial charge in [0, 0.05) is 6.54 Å². The molecule has 116 valence electrons. The van der Waals surface area contributed by atoms with Crippen molar-refractivity contribution in [3.63, 3.8) is 0 Å². The average molecular weight is 299 g/mol. The number of nitrogens with zero attached hydrogens (tertiary/aromatic N) is 3. The second-order valence-electron chi connectivity index (χ2n) is 5.76. The highest BCUT2D eigenvalue weighted by Gasteiger charge is 2.15. The molecule has 0 unspecified atom stereocenters. The molecule has 1 saturated heterocycles. The molecule has 0 radical (unpaired) electrons. The molecule has 5 heteroatoms. The lowest BCUT2D eigenvalue weighted by molar-refractivity contribution is 0.0697. The van der Waals surface area contributed by atoms with Crippen LogP contribution < -0.4 is 5.01 Å². The zero-order chi connectivity index (χ0) is 15.4. The van der Waals surface area contributed by atoms with Crippen LogP contribution in [0.1, 0.15) is 29.6 Å². The molecular formula is C17H21N3O2. The van der Waals surface area contributed by atoms with Crippen LogP contribution in [-0.4, -0.2) is 47.9 Å². The van der Waals surface area contributed by atoms with E-state index in [2.05, 4.69) is 17.1 Å². The molecule has 22 heavy (non-hydrogen) atoms. The Hall–Kier alpha value is -2.14. The number of hydrogen-bond acceptors (Lipinski definition) is 4. The number of carboxylic acid groups (broad SMARTS) is 1. The number of aromatic carboxylic acids is 1. The van der Waals surface area contributed by atoms with Crippen molar-refractivity contribution in [3.05, 3.63) is 42.0 Å². The number of hydrogen-bond donors (Lipinski definition) is 1. The Kier molecular flexibility index (Phi) is 4.53. The van der Waals surface area contributed by atoms with E-state index in [0.29, 0.717) is 5.56 Å². The summed E-state index contributed by atoms with van der Waals surface area (Å²) >= 11 is 0. The summed E-state index contributed by atoms with van der Waals surface area (Å²) in [6, 6.07) is 6.86. The van der Waals surface area contributed by atoms with Gasteiger partial charge >= 0.3 is 5.97 Å². The van der Waals surface area contributed by atoms with Crippen molar-refractivity contribution in [2.45, 2.75) is 19.3 Å². The molecule has 2 aliphatic heterocycles. The highest BCUT2D eigenvalue weighted by atomic mass is 16.4. The van der Waals surface area contributed by atoms with Crippen molar-refractivity contribution in [3.8, 4) is 0 Å². The SMILES string of the molecule is O=C(O)c1ccc(N2CC=CC(CN3CCCCC3)=N2)cc1. The van der Waals surface area contributed by atoms with Crippen LogP contribution in [0.2, 0.25) is 0 Å². The summed E-state index contributed by atoms with van der Waals surface area (Å²) in [4.78, 5) is 13.4. The highest BCUT2D eigenvalue weighted by Crippen LogP contribution is 2.18. The van der Waals surface area contributed by atoms with Crippen molar-refractivity contribution in [1.29, 1.82) is 0 Å². The normalized spacial score (nSPS) is 19.1. The summed E-state index contributed by atoms with van der Waals surface area (Å²) in [5, 5.41) is 15.6. The zero-order valence-corrected chi connectivity index (χ0v) is 12.6. The molecular weight excluding hydrogens is 278 g/mol. The molecule has 3 rings (SSSR count). The van der Waals surface area contributed by atoms with Gasteiger partial charge in [0.25, 0.3) is 0 Å². The van der Waals surface area contributed by atoms with Gasteiger partial charge in [-0.05, 0) is 56.3 Å². The second-order valence-corrected chi connectivity index (χ2v) is 5.76. The minimum Gasteiger partial charge on any atom is -0.478 e. The van der Waals surface area contributed by atoms with E-state index < -0.39 is 5.97 Å². The second kappa shape index (κ2) is 6.75. The third kappa shape index (κ3) is 3.54. The largest absolute Gasteiger partial charge is 0.478 e. The first kappa shape index (κ1) is 14.8. The first-order valence-electron chi connectivity index (χ1n) is 7.80. The van der Waals surface area contributed by atoms with Crippen LogP contribution in [-0.2, 0) is 0 Å². The monoisotopic (exact) mass is 299 g/mol. The topological polar surface area (TPSA) is 56.1 Å². The van der Waals surface area contributed by atoms with Crippen molar-refractivity contribution >= 4 is 17.4 Å². The summed E-state index contributed by atoms with van der Waals surface area (Å²) in [6.45, 7) is 3.91. The average Bonchev–Trinajstić information content (AvgIpc) is 2.56. The van der Waals surface area contributed by atoms with E-state index in [-0.39, 0.29) is 0 Å². The van der Waals surface area contributed by atoms with Gasteiger partial charge < -0.3 is 5.11 Å². The van der Waals surface area contributed by atoms with Gasteiger partial charge in [-0.2, -0.15) is 5.10 Å². The molecule has 1 N–H and O–H groups in total. The van der Waals surface area contributed by atoms with Gasteiger partial charge in [-0.3, -0.25) is 9.91 Å². The van der Waals surface area contributed by atoms with E-state index in [1.54, 1.807) is 12.1 Å². The molecule has 2 aliphatic rings. The van der Waals surface area contributed by atoms with Gasteiger partial charge in [0.2, 0.25) is 0 Å². The Morgan fingerprint density at radius 3 is 2.55 bits per heavy atom. The fourth-order valence-corrected chi connectivity index (χ4v) is 2.89. The van der Waals surface area contributed by atoms with Crippen molar-refractivity contribution in [2.24, 2.45) is 5.10 Å². The smallest absolute Gasteiger partial charge is 0.335 e. The van der Waals surface area contributed by atoms with E-state index in [1.807, 2.05) is 17.1 Å². The van der Waals surface area contributed by atoms with Crippen LogP contribution in [0.5, 0.6) is 0 Å². The molecule has 2 heterocycles. The van der Waals surface area contributed by atoms with Crippen LogP contribution in [0.4, 0.5) is 5.69 Å². The molecule has 1 aromatic rings. The Morgan fingerprint density at radius 2 is 1.86 bits per heavy atom. The fraction of sp³-hybridized carbons (Fsp3) is 0.412. The third-order valence-electron chi connectivity index (χ3n) is 4.08. The van der Waals surface area contributed by atoms with Crippen molar-refractivity contribution in [2.75, 3.05) is 31.2 Å². The standard InChI is InChI=1S/C17H21N3O2/c21-17(22)14-6-8-16(9-7-14)20-12-4-5-15(18-20)13-19-10-2-1-3-11-19/h4-9H,1-3,10-13H2,(H,21,22). The van der Waals surface area contributed by atoms with Crippen LogP contribution in [0.15, 0.2) is 41.5 Å². The quantitative estimate of drug-likeness (QED) is 0.928. The van der Waals surface area contributed by atoms with E-state index in [9.17, 15) is 4.79 Å². The minimum absolute atomic E-state index is 0.300. The van der Waals surface area contributed by atoms with E-state index in [1.165, 1.54) is 19.3 Å². The Morgan fingerprint density at radius 1 is 1.14 bits per heavy atom. The van der Waals surface area contributed by atoms with E-state index in [0.717, 1.165) is 37.6 Å². The molecule has 0 spiro atoms. The molecule has 0 saturated carbocycles. The van der Waals surface area contributed by atoms with Crippen LogP contribution >= 0.6 is 0 Å². The number of rotatable bonds is 4. The van der Waals surface area contributed by atoms with Crippen LogP contribution in [0, 0.1) is 0 Å². The van der Waals surface area contributed by atoms with E-state index >= 15 is 0 Å². The van der Waals surface area contributed by atoms with Crippen LogP contribution in [0.3, 0.4) is 0 Å². The van der Waals surface area contributed by atoms with Crippen LogP contribution in [0.25, 0.3) is 0 Å².